The Morgan fingerprint density at radius 2 is 2.11 bits per heavy atom. The molecule has 8 nitrogen and oxygen atoms in total. The van der Waals surface area contributed by atoms with Crippen molar-refractivity contribution < 1.29 is 24.4 Å². The van der Waals surface area contributed by atoms with Crippen molar-refractivity contribution in [2.24, 2.45) is 5.92 Å². The third-order valence-corrected chi connectivity index (χ3v) is 5.71. The van der Waals surface area contributed by atoms with Crippen LogP contribution in [0, 0.1) is 16.0 Å². The largest absolute Gasteiger partial charge is 0.456 e. The lowest BCUT2D eigenvalue weighted by molar-refractivity contribution is -0.384. The molecule has 1 aromatic rings. The molecule has 27 heavy (non-hydrogen) atoms. The highest BCUT2D eigenvalue weighted by Gasteiger charge is 2.56. The van der Waals surface area contributed by atoms with Crippen molar-refractivity contribution in [1.82, 2.24) is 4.90 Å². The fraction of sp³-hybridized carbons (Fsp3) is 0.444. The molecule has 1 aromatic carbocycles. The monoisotopic (exact) mass is 392 g/mol. The van der Waals surface area contributed by atoms with Gasteiger partial charge in [-0.15, -0.1) is 11.8 Å². The van der Waals surface area contributed by atoms with Crippen molar-refractivity contribution in [3.05, 3.63) is 50.5 Å². The molecule has 2 aliphatic heterocycles. The van der Waals surface area contributed by atoms with Gasteiger partial charge in [-0.3, -0.25) is 14.9 Å². The lowest BCUT2D eigenvalue weighted by Gasteiger charge is -2.44. The fourth-order valence-electron chi connectivity index (χ4n) is 3.45. The average molecular weight is 392 g/mol. The Bertz CT molecular complexity index is 805. The minimum atomic E-state index is -0.762. The molecule has 0 unspecified atom stereocenters. The van der Waals surface area contributed by atoms with Crippen LogP contribution >= 0.6 is 11.8 Å². The van der Waals surface area contributed by atoms with Crippen molar-refractivity contribution >= 4 is 29.3 Å². The zero-order valence-corrected chi connectivity index (χ0v) is 15.8. The third-order valence-electron chi connectivity index (χ3n) is 4.72. The van der Waals surface area contributed by atoms with Gasteiger partial charge in [0.1, 0.15) is 12.3 Å². The zero-order chi connectivity index (χ0) is 19.7. The maximum absolute atomic E-state index is 12.6. The minimum Gasteiger partial charge on any atom is -0.456 e. The molecule has 1 N–H and O–H groups in total. The van der Waals surface area contributed by atoms with Crippen LogP contribution in [-0.2, 0) is 20.9 Å². The van der Waals surface area contributed by atoms with Crippen LogP contribution in [0.25, 0.3) is 0 Å². The predicted octanol–water partition coefficient (Wildman–Crippen LogP) is 2.21. The number of β-lactam (4-membered cyclic amide) rings is 1. The number of thioether (sulfide) groups is 1. The van der Waals surface area contributed by atoms with Gasteiger partial charge in [0.05, 0.1) is 23.0 Å². The van der Waals surface area contributed by atoms with E-state index in [1.165, 1.54) is 40.9 Å². The third kappa shape index (κ3) is 3.57. The average Bonchev–Trinajstić information content (AvgIpc) is 2.94. The van der Waals surface area contributed by atoms with Crippen LogP contribution in [0.5, 0.6) is 0 Å². The number of rotatable bonds is 7. The summed E-state index contributed by atoms with van der Waals surface area (Å²) in [5.41, 5.74) is 0.838. The number of nitrogens with zero attached hydrogens (tertiary/aromatic N) is 2. The topological polar surface area (TPSA) is 110 Å². The van der Waals surface area contributed by atoms with E-state index in [1.54, 1.807) is 6.92 Å². The molecule has 0 aromatic heterocycles. The number of esters is 1. The first kappa shape index (κ1) is 19.4. The SMILES string of the molecule is CCSC1=C(C(=O)OCc2ccc([N+](=O)[O-])cc2)N2C(=O)[C@@H]([C@H](C)O)[C@H]2C1. The minimum absolute atomic E-state index is 0.0385. The summed E-state index contributed by atoms with van der Waals surface area (Å²) in [6.45, 7) is 3.50. The van der Waals surface area contributed by atoms with Gasteiger partial charge < -0.3 is 14.7 Å². The number of carbonyl (C=O) groups excluding carboxylic acids is 2. The van der Waals surface area contributed by atoms with Gasteiger partial charge in [0.25, 0.3) is 5.69 Å². The van der Waals surface area contributed by atoms with E-state index < -0.39 is 22.9 Å². The van der Waals surface area contributed by atoms with Crippen LogP contribution in [0.4, 0.5) is 5.69 Å². The summed E-state index contributed by atoms with van der Waals surface area (Å²) in [6.07, 6.45) is -0.219. The maximum Gasteiger partial charge on any atom is 0.356 e. The molecule has 9 heteroatoms. The zero-order valence-electron chi connectivity index (χ0n) is 15.0. The first-order valence-corrected chi connectivity index (χ1v) is 9.61. The van der Waals surface area contributed by atoms with Crippen molar-refractivity contribution in [1.29, 1.82) is 0 Å². The Morgan fingerprint density at radius 3 is 2.67 bits per heavy atom. The molecule has 0 radical (unpaired) electrons. The highest BCUT2D eigenvalue weighted by Crippen LogP contribution is 2.47. The summed E-state index contributed by atoms with van der Waals surface area (Å²) in [5.74, 6) is -0.589. The first-order chi connectivity index (χ1) is 12.8. The summed E-state index contributed by atoms with van der Waals surface area (Å²) in [4.78, 5) is 37.4. The standard InChI is InChI=1S/C18H20N2O6S/c1-3-27-14-8-13-15(10(2)21)17(22)19(13)16(14)18(23)26-9-11-4-6-12(7-5-11)20(24)25/h4-7,10,13,15,21H,3,8-9H2,1-2H3/t10-,13+,15-/m0/s1. The number of ether oxygens (including phenoxy) is 1. The first-order valence-electron chi connectivity index (χ1n) is 8.62. The molecule has 3 atom stereocenters. The van der Waals surface area contributed by atoms with Crippen LogP contribution in [0.2, 0.25) is 0 Å². The quantitative estimate of drug-likeness (QED) is 0.328. The molecule has 2 heterocycles. The van der Waals surface area contributed by atoms with Gasteiger partial charge in [0, 0.05) is 23.5 Å². The highest BCUT2D eigenvalue weighted by molar-refractivity contribution is 8.03. The lowest BCUT2D eigenvalue weighted by Crippen LogP contribution is -2.61. The van der Waals surface area contributed by atoms with Crippen molar-refractivity contribution in [3.63, 3.8) is 0 Å². The van der Waals surface area contributed by atoms with E-state index in [4.69, 9.17) is 4.74 Å². The summed E-state index contributed by atoms with van der Waals surface area (Å²) in [5, 5.41) is 20.5. The molecule has 144 valence electrons. The van der Waals surface area contributed by atoms with Gasteiger partial charge in [-0.05, 0) is 30.4 Å². The van der Waals surface area contributed by atoms with Gasteiger partial charge in [0.15, 0.2) is 0 Å². The summed E-state index contributed by atoms with van der Waals surface area (Å²) in [7, 11) is 0. The van der Waals surface area contributed by atoms with Gasteiger partial charge in [0.2, 0.25) is 5.91 Å². The Balaban J connectivity index is 1.71. The second-order valence-electron chi connectivity index (χ2n) is 6.45. The predicted molar refractivity (Wildman–Crippen MR) is 98.5 cm³/mol. The van der Waals surface area contributed by atoms with E-state index in [2.05, 4.69) is 0 Å². The molecule has 2 aliphatic rings. The molecule has 0 spiro atoms. The number of non-ortho nitro benzene ring substituents is 1. The van der Waals surface area contributed by atoms with Crippen molar-refractivity contribution in [2.75, 3.05) is 5.75 Å². The number of benzene rings is 1. The fourth-order valence-corrected chi connectivity index (χ4v) is 4.41. The molecular formula is C18H20N2O6S. The van der Waals surface area contributed by atoms with E-state index in [9.17, 15) is 24.8 Å². The molecule has 1 saturated heterocycles. The maximum atomic E-state index is 12.6. The van der Waals surface area contributed by atoms with Gasteiger partial charge in [-0.2, -0.15) is 0 Å². The molecule has 1 amide bonds. The second-order valence-corrected chi connectivity index (χ2v) is 7.81. The smallest absolute Gasteiger partial charge is 0.356 e. The molecule has 1 fully saturated rings. The summed E-state index contributed by atoms with van der Waals surface area (Å²) in [6, 6.07) is 5.54. The van der Waals surface area contributed by atoms with Crippen molar-refractivity contribution in [3.8, 4) is 0 Å². The Morgan fingerprint density at radius 1 is 1.44 bits per heavy atom. The van der Waals surface area contributed by atoms with Crippen molar-refractivity contribution in [2.45, 2.75) is 39.0 Å². The van der Waals surface area contributed by atoms with E-state index >= 15 is 0 Å². The van der Waals surface area contributed by atoms with Crippen LogP contribution < -0.4 is 0 Å². The molecule has 0 aliphatic carbocycles. The molecule has 0 bridgehead atoms. The van der Waals surface area contributed by atoms with Crippen LogP contribution in [-0.4, -0.2) is 44.7 Å². The van der Waals surface area contributed by atoms with Crippen LogP contribution in [0.1, 0.15) is 25.8 Å². The van der Waals surface area contributed by atoms with E-state index in [0.29, 0.717) is 12.0 Å². The van der Waals surface area contributed by atoms with E-state index in [0.717, 1.165) is 10.7 Å². The Hall–Kier alpha value is -2.39. The lowest BCUT2D eigenvalue weighted by atomic mass is 9.83. The summed E-state index contributed by atoms with van der Waals surface area (Å²) >= 11 is 1.49. The summed E-state index contributed by atoms with van der Waals surface area (Å²) < 4.78 is 5.35. The van der Waals surface area contributed by atoms with E-state index in [-0.39, 0.29) is 29.9 Å². The van der Waals surface area contributed by atoms with Gasteiger partial charge >= 0.3 is 5.97 Å². The second kappa shape index (κ2) is 7.69. The number of nitro groups is 1. The number of fused-ring (bicyclic) bond motifs is 1. The number of carbonyl (C=O) groups is 2. The number of amides is 1. The Kier molecular flexibility index (Phi) is 5.52. The van der Waals surface area contributed by atoms with Crippen LogP contribution in [0.15, 0.2) is 34.9 Å². The molecular weight excluding hydrogens is 372 g/mol. The number of hydrogen-bond donors (Lipinski definition) is 1. The number of aliphatic hydroxyl groups excluding tert-OH is 1. The number of hydrogen-bond acceptors (Lipinski definition) is 7. The molecule has 3 rings (SSSR count). The van der Waals surface area contributed by atoms with Crippen LogP contribution in [0.3, 0.4) is 0 Å². The highest BCUT2D eigenvalue weighted by atomic mass is 32.2. The molecule has 0 saturated carbocycles. The normalized spacial score (nSPS) is 22.3. The van der Waals surface area contributed by atoms with Gasteiger partial charge in [-0.25, -0.2) is 4.79 Å². The number of nitro benzene ring substituents is 1. The van der Waals surface area contributed by atoms with E-state index in [1.807, 2.05) is 6.92 Å². The van der Waals surface area contributed by atoms with Gasteiger partial charge in [-0.1, -0.05) is 6.92 Å². The Labute approximate surface area is 160 Å². The number of aliphatic hydroxyl groups is 1.